The second-order valence-corrected chi connectivity index (χ2v) is 2.78. The summed E-state index contributed by atoms with van der Waals surface area (Å²) in [4.78, 5) is 10.5. The first-order chi connectivity index (χ1) is 4.45. The zero-order valence-corrected chi connectivity index (χ0v) is 6.29. The van der Waals surface area contributed by atoms with Crippen molar-refractivity contribution in [2.75, 3.05) is 0 Å². The lowest BCUT2D eigenvalue weighted by Crippen LogP contribution is -2.24. The maximum absolute atomic E-state index is 10.5. The van der Waals surface area contributed by atoms with Gasteiger partial charge in [-0.1, -0.05) is 5.16 Å². The zero-order chi connectivity index (χ0) is 8.20. The fourth-order valence-corrected chi connectivity index (χ4v) is 0.375. The second kappa shape index (κ2) is 3.20. The SMILES string of the molecule is CC(C)(C)OC(=O)C=NO. The molecule has 0 aliphatic heterocycles. The molecule has 0 amide bonds. The van der Waals surface area contributed by atoms with E-state index in [2.05, 4.69) is 5.16 Å². The molecular formula is C6H11NO3. The fourth-order valence-electron chi connectivity index (χ4n) is 0.375. The molecular weight excluding hydrogens is 134 g/mol. The van der Waals surface area contributed by atoms with Gasteiger partial charge in [-0.25, -0.2) is 4.79 Å². The van der Waals surface area contributed by atoms with Crippen molar-refractivity contribution in [3.63, 3.8) is 0 Å². The van der Waals surface area contributed by atoms with E-state index in [-0.39, 0.29) is 0 Å². The van der Waals surface area contributed by atoms with E-state index in [1.165, 1.54) is 0 Å². The monoisotopic (exact) mass is 145 g/mol. The Labute approximate surface area is 59.5 Å². The minimum atomic E-state index is -0.644. The quantitative estimate of drug-likeness (QED) is 0.257. The van der Waals surface area contributed by atoms with Gasteiger partial charge in [0.1, 0.15) is 5.60 Å². The highest BCUT2D eigenvalue weighted by Crippen LogP contribution is 2.05. The molecule has 0 bridgehead atoms. The first-order valence-electron chi connectivity index (χ1n) is 2.86. The summed E-state index contributed by atoms with van der Waals surface area (Å²) in [6.07, 6.45) is 0.714. The molecule has 0 spiro atoms. The summed E-state index contributed by atoms with van der Waals surface area (Å²) in [7, 11) is 0. The summed E-state index contributed by atoms with van der Waals surface area (Å²) in [5.41, 5.74) is -0.529. The van der Waals surface area contributed by atoms with Crippen LogP contribution in [0.5, 0.6) is 0 Å². The Morgan fingerprint density at radius 3 is 2.40 bits per heavy atom. The van der Waals surface area contributed by atoms with Gasteiger partial charge < -0.3 is 9.94 Å². The molecule has 0 aliphatic rings. The van der Waals surface area contributed by atoms with Gasteiger partial charge in [0.05, 0.1) is 0 Å². The lowest BCUT2D eigenvalue weighted by atomic mass is 10.2. The number of carbonyl (C=O) groups excluding carboxylic acids is 1. The van der Waals surface area contributed by atoms with Crippen LogP contribution in [0.15, 0.2) is 5.16 Å². The molecule has 0 aromatic rings. The molecule has 10 heavy (non-hydrogen) atoms. The van der Waals surface area contributed by atoms with Gasteiger partial charge in [-0.15, -0.1) is 0 Å². The number of hydrogen-bond acceptors (Lipinski definition) is 4. The molecule has 1 N–H and O–H groups in total. The summed E-state index contributed by atoms with van der Waals surface area (Å²) in [6.45, 7) is 5.20. The smallest absolute Gasteiger partial charge is 0.353 e. The van der Waals surface area contributed by atoms with Crippen molar-refractivity contribution in [3.8, 4) is 0 Å². The van der Waals surface area contributed by atoms with Gasteiger partial charge in [-0.2, -0.15) is 0 Å². The first-order valence-corrected chi connectivity index (χ1v) is 2.86. The second-order valence-electron chi connectivity index (χ2n) is 2.78. The largest absolute Gasteiger partial charge is 0.456 e. The van der Waals surface area contributed by atoms with E-state index in [4.69, 9.17) is 9.94 Å². The van der Waals surface area contributed by atoms with Crippen molar-refractivity contribution >= 4 is 12.2 Å². The Bertz CT molecular complexity index is 146. The number of nitrogens with zero attached hydrogens (tertiary/aromatic N) is 1. The molecule has 4 nitrogen and oxygen atoms in total. The average Bonchev–Trinajstić information content (AvgIpc) is 1.59. The van der Waals surface area contributed by atoms with Crippen molar-refractivity contribution in [1.82, 2.24) is 0 Å². The van der Waals surface area contributed by atoms with Crippen LogP contribution < -0.4 is 0 Å². The van der Waals surface area contributed by atoms with Gasteiger partial charge in [0.15, 0.2) is 6.21 Å². The van der Waals surface area contributed by atoms with Crippen molar-refractivity contribution in [2.24, 2.45) is 5.16 Å². The van der Waals surface area contributed by atoms with Crippen LogP contribution in [0.25, 0.3) is 0 Å². The normalized spacial score (nSPS) is 11.9. The summed E-state index contributed by atoms with van der Waals surface area (Å²) < 4.78 is 4.73. The number of oxime groups is 1. The average molecular weight is 145 g/mol. The van der Waals surface area contributed by atoms with Gasteiger partial charge in [-0.05, 0) is 20.8 Å². The first kappa shape index (κ1) is 8.94. The van der Waals surface area contributed by atoms with Crippen LogP contribution in [0.1, 0.15) is 20.8 Å². The number of esters is 1. The summed E-state index contributed by atoms with van der Waals surface area (Å²) in [6, 6.07) is 0. The van der Waals surface area contributed by atoms with Gasteiger partial charge in [0, 0.05) is 0 Å². The standard InChI is InChI=1S/C6H11NO3/c1-6(2,3)10-5(8)4-7-9/h4,9H,1-3H3. The molecule has 0 aliphatic carbocycles. The maximum atomic E-state index is 10.5. The summed E-state index contributed by atoms with van der Waals surface area (Å²) in [5, 5.41) is 10.4. The number of rotatable bonds is 1. The Balaban J connectivity index is 3.81. The third-order valence-electron chi connectivity index (χ3n) is 0.570. The van der Waals surface area contributed by atoms with Crippen molar-refractivity contribution in [2.45, 2.75) is 26.4 Å². The van der Waals surface area contributed by atoms with E-state index in [0.29, 0.717) is 6.21 Å². The highest BCUT2D eigenvalue weighted by molar-refractivity contribution is 6.23. The molecule has 58 valence electrons. The molecule has 0 radical (unpaired) electrons. The molecule has 0 unspecified atom stereocenters. The van der Waals surface area contributed by atoms with Gasteiger partial charge in [0.2, 0.25) is 0 Å². The van der Waals surface area contributed by atoms with Gasteiger partial charge >= 0.3 is 5.97 Å². The number of ether oxygens (including phenoxy) is 1. The van der Waals surface area contributed by atoms with Crippen LogP contribution in [0.4, 0.5) is 0 Å². The van der Waals surface area contributed by atoms with E-state index in [0.717, 1.165) is 0 Å². The molecule has 0 aromatic heterocycles. The topological polar surface area (TPSA) is 58.9 Å². The van der Waals surface area contributed by atoms with Crippen LogP contribution in [0, 0.1) is 0 Å². The van der Waals surface area contributed by atoms with E-state index in [1.54, 1.807) is 20.8 Å². The van der Waals surface area contributed by atoms with Crippen molar-refractivity contribution in [1.29, 1.82) is 0 Å². The highest BCUT2D eigenvalue weighted by atomic mass is 16.6. The third-order valence-corrected chi connectivity index (χ3v) is 0.570. The molecule has 0 atom stereocenters. The minimum absolute atomic E-state index is 0.529. The molecule has 4 heteroatoms. The molecule has 0 heterocycles. The molecule has 0 fully saturated rings. The zero-order valence-electron chi connectivity index (χ0n) is 6.29. The Kier molecular flexibility index (Phi) is 2.86. The van der Waals surface area contributed by atoms with Crippen LogP contribution in [0.2, 0.25) is 0 Å². The molecule has 0 saturated carbocycles. The van der Waals surface area contributed by atoms with Gasteiger partial charge in [0.25, 0.3) is 0 Å². The number of hydrogen-bond donors (Lipinski definition) is 1. The minimum Gasteiger partial charge on any atom is -0.456 e. The van der Waals surface area contributed by atoms with Crippen molar-refractivity contribution in [3.05, 3.63) is 0 Å². The van der Waals surface area contributed by atoms with E-state index < -0.39 is 11.6 Å². The van der Waals surface area contributed by atoms with E-state index in [9.17, 15) is 4.79 Å². The fraction of sp³-hybridized carbons (Fsp3) is 0.667. The molecule has 0 rings (SSSR count). The predicted molar refractivity (Wildman–Crippen MR) is 36.1 cm³/mol. The van der Waals surface area contributed by atoms with Crippen LogP contribution in [0.3, 0.4) is 0 Å². The van der Waals surface area contributed by atoms with Gasteiger partial charge in [-0.3, -0.25) is 0 Å². The molecule has 0 saturated heterocycles. The Hall–Kier alpha value is -1.06. The summed E-state index contributed by atoms with van der Waals surface area (Å²) >= 11 is 0. The predicted octanol–water partition coefficient (Wildman–Crippen LogP) is 0.788. The summed E-state index contributed by atoms with van der Waals surface area (Å²) in [5.74, 6) is -0.644. The Morgan fingerprint density at radius 1 is 1.60 bits per heavy atom. The number of carbonyl (C=O) groups is 1. The lowest BCUT2D eigenvalue weighted by molar-refractivity contribution is -0.145. The van der Waals surface area contributed by atoms with Crippen LogP contribution >= 0.6 is 0 Å². The highest BCUT2D eigenvalue weighted by Gasteiger charge is 2.14. The Morgan fingerprint density at radius 2 is 2.10 bits per heavy atom. The van der Waals surface area contributed by atoms with E-state index in [1.807, 2.05) is 0 Å². The van der Waals surface area contributed by atoms with Crippen LogP contribution in [-0.4, -0.2) is 23.0 Å². The van der Waals surface area contributed by atoms with Crippen LogP contribution in [-0.2, 0) is 9.53 Å². The maximum Gasteiger partial charge on any atom is 0.353 e. The van der Waals surface area contributed by atoms with Crippen molar-refractivity contribution < 1.29 is 14.7 Å². The van der Waals surface area contributed by atoms with E-state index >= 15 is 0 Å². The third kappa shape index (κ3) is 5.08. The molecule has 0 aromatic carbocycles. The lowest BCUT2D eigenvalue weighted by Gasteiger charge is -2.17.